The smallest absolute Gasteiger partial charge is 0.335 e. The Hall–Kier alpha value is -4.97. The van der Waals surface area contributed by atoms with Crippen LogP contribution in [-0.2, 0) is 0 Å². The van der Waals surface area contributed by atoms with E-state index in [1.54, 1.807) is 30.3 Å². The van der Waals surface area contributed by atoms with Crippen molar-refractivity contribution in [1.82, 2.24) is 0 Å². The zero-order chi connectivity index (χ0) is 29.4. The van der Waals surface area contributed by atoms with Crippen LogP contribution in [0.15, 0.2) is 126 Å². The van der Waals surface area contributed by atoms with Crippen LogP contribution >= 0.6 is 0 Å². The van der Waals surface area contributed by atoms with Crippen molar-refractivity contribution in [2.45, 2.75) is 36.6 Å². The molecule has 1 heterocycles. The summed E-state index contributed by atoms with van der Waals surface area (Å²) in [5, 5.41) is 9.50. The SMILES string of the molecule is NC(=O)c1cccc(OCCCC(c2ccc(C(=O)O)cc2)C2(CC(c3ccccc3)c3ccccc3)C=CC=N2)c1. The van der Waals surface area contributed by atoms with Gasteiger partial charge in [-0.2, -0.15) is 0 Å². The number of carbonyl (C=O) groups is 2. The summed E-state index contributed by atoms with van der Waals surface area (Å²) in [6.45, 7) is 0.441. The van der Waals surface area contributed by atoms with Crippen LogP contribution in [0.25, 0.3) is 0 Å². The van der Waals surface area contributed by atoms with E-state index in [1.807, 2.05) is 42.6 Å². The Kier molecular flexibility index (Phi) is 8.93. The zero-order valence-electron chi connectivity index (χ0n) is 23.3. The zero-order valence-corrected chi connectivity index (χ0v) is 23.3. The van der Waals surface area contributed by atoms with Crippen molar-refractivity contribution >= 4 is 18.1 Å². The number of carbonyl (C=O) groups excluding carboxylic acids is 1. The molecule has 6 nitrogen and oxygen atoms in total. The Morgan fingerprint density at radius 2 is 1.48 bits per heavy atom. The van der Waals surface area contributed by atoms with Gasteiger partial charge in [0.1, 0.15) is 5.75 Å². The standard InChI is InChI=1S/C36H34N2O4/c37-34(39)30-14-7-15-31(24-30)42-23-8-16-33(28-17-19-29(20-18-28)35(40)41)36(21-9-22-38-36)25-32(26-10-3-1-4-11-26)27-12-5-2-6-13-27/h1-7,9-15,17-22,24,32-33H,8,16,23,25H2,(H2,37,39)(H,40,41). The third-order valence-corrected chi connectivity index (χ3v) is 7.91. The number of carboxylic acids is 1. The fourth-order valence-corrected chi connectivity index (χ4v) is 5.81. The van der Waals surface area contributed by atoms with Gasteiger partial charge >= 0.3 is 5.97 Å². The number of hydrogen-bond acceptors (Lipinski definition) is 4. The van der Waals surface area contributed by atoms with Gasteiger partial charge < -0.3 is 15.6 Å². The minimum absolute atomic E-state index is 0.0363. The molecule has 2 unspecified atom stereocenters. The van der Waals surface area contributed by atoms with Gasteiger partial charge in [0, 0.05) is 23.6 Å². The van der Waals surface area contributed by atoms with Crippen molar-refractivity contribution < 1.29 is 19.4 Å². The van der Waals surface area contributed by atoms with Crippen LogP contribution in [-0.4, -0.2) is 35.3 Å². The lowest BCUT2D eigenvalue weighted by Crippen LogP contribution is -2.34. The number of aromatic carboxylic acids is 1. The molecule has 1 amide bonds. The minimum Gasteiger partial charge on any atom is -0.494 e. The molecule has 0 aromatic heterocycles. The van der Waals surface area contributed by atoms with Crippen molar-refractivity contribution in [3.63, 3.8) is 0 Å². The molecule has 1 aliphatic rings. The number of carboxylic acid groups (broad SMARTS) is 1. The summed E-state index contributed by atoms with van der Waals surface area (Å²) < 4.78 is 6.01. The fraction of sp³-hybridized carbons (Fsp3) is 0.194. The van der Waals surface area contributed by atoms with Crippen molar-refractivity contribution in [2.24, 2.45) is 10.7 Å². The van der Waals surface area contributed by atoms with Crippen LogP contribution in [0.4, 0.5) is 0 Å². The van der Waals surface area contributed by atoms with Gasteiger partial charge in [0.05, 0.1) is 17.7 Å². The molecule has 212 valence electrons. The highest BCUT2D eigenvalue weighted by atomic mass is 16.5. The van der Waals surface area contributed by atoms with Gasteiger partial charge in [-0.15, -0.1) is 0 Å². The molecule has 3 N–H and O–H groups in total. The third kappa shape index (κ3) is 6.66. The van der Waals surface area contributed by atoms with Crippen molar-refractivity contribution in [3.05, 3.63) is 149 Å². The first kappa shape index (κ1) is 28.6. The Labute approximate surface area is 246 Å². The molecule has 4 aromatic carbocycles. The van der Waals surface area contributed by atoms with Crippen molar-refractivity contribution in [3.8, 4) is 5.75 Å². The number of aliphatic imine (C=N–C) groups is 1. The molecule has 6 heteroatoms. The average Bonchev–Trinajstić information content (AvgIpc) is 3.50. The van der Waals surface area contributed by atoms with Crippen LogP contribution in [0.1, 0.15) is 68.5 Å². The van der Waals surface area contributed by atoms with E-state index in [0.29, 0.717) is 17.9 Å². The summed E-state index contributed by atoms with van der Waals surface area (Å²) >= 11 is 0. The monoisotopic (exact) mass is 558 g/mol. The van der Waals surface area contributed by atoms with Crippen molar-refractivity contribution in [1.29, 1.82) is 0 Å². The number of nitrogens with two attached hydrogens (primary N) is 1. The molecule has 0 saturated heterocycles. The Morgan fingerprint density at radius 1 is 0.810 bits per heavy atom. The van der Waals surface area contributed by atoms with E-state index in [1.165, 1.54) is 11.1 Å². The lowest BCUT2D eigenvalue weighted by molar-refractivity contribution is 0.0696. The first-order chi connectivity index (χ1) is 20.4. The van der Waals surface area contributed by atoms with Gasteiger partial charge in [-0.25, -0.2) is 4.79 Å². The lowest BCUT2D eigenvalue weighted by atomic mass is 9.70. The van der Waals surface area contributed by atoms with Crippen LogP contribution in [0, 0.1) is 0 Å². The van der Waals surface area contributed by atoms with Gasteiger partial charge in [-0.1, -0.05) is 84.9 Å². The molecule has 0 aliphatic carbocycles. The van der Waals surface area contributed by atoms with E-state index in [0.717, 1.165) is 24.8 Å². The predicted molar refractivity (Wildman–Crippen MR) is 166 cm³/mol. The molecular weight excluding hydrogens is 524 g/mol. The number of hydrogen-bond donors (Lipinski definition) is 2. The predicted octanol–water partition coefficient (Wildman–Crippen LogP) is 7.03. The van der Waals surface area contributed by atoms with Crippen LogP contribution in [0.5, 0.6) is 5.75 Å². The topological polar surface area (TPSA) is 102 Å². The maximum atomic E-state index is 11.6. The van der Waals surface area contributed by atoms with Crippen LogP contribution < -0.4 is 10.5 Å². The first-order valence-electron chi connectivity index (χ1n) is 14.1. The summed E-state index contributed by atoms with van der Waals surface area (Å²) in [5.41, 5.74) is 9.00. The molecule has 0 saturated carbocycles. The Morgan fingerprint density at radius 3 is 2.05 bits per heavy atom. The van der Waals surface area contributed by atoms with Crippen molar-refractivity contribution in [2.75, 3.05) is 6.61 Å². The molecular formula is C36H34N2O4. The maximum Gasteiger partial charge on any atom is 0.335 e. The van der Waals surface area contributed by atoms with E-state index < -0.39 is 17.4 Å². The first-order valence-corrected chi connectivity index (χ1v) is 14.1. The highest BCUT2D eigenvalue weighted by Gasteiger charge is 2.40. The van der Waals surface area contributed by atoms with Gasteiger partial charge in [-0.05, 0) is 72.4 Å². The highest BCUT2D eigenvalue weighted by molar-refractivity contribution is 5.93. The summed E-state index contributed by atoms with van der Waals surface area (Å²) in [6.07, 6.45) is 8.28. The molecule has 0 spiro atoms. The fourth-order valence-electron chi connectivity index (χ4n) is 5.81. The second-order valence-electron chi connectivity index (χ2n) is 10.6. The van der Waals surface area contributed by atoms with Crippen LogP contribution in [0.3, 0.4) is 0 Å². The second kappa shape index (κ2) is 13.1. The summed E-state index contributed by atoms with van der Waals surface area (Å²) in [7, 11) is 0. The average molecular weight is 559 g/mol. The number of primary amides is 1. The number of amides is 1. The number of nitrogens with zero attached hydrogens (tertiary/aromatic N) is 1. The minimum atomic E-state index is -0.952. The Balaban J connectivity index is 1.45. The molecule has 0 fully saturated rings. The number of allylic oxidation sites excluding steroid dienone is 1. The highest BCUT2D eigenvalue weighted by Crippen LogP contribution is 2.46. The normalized spacial score (nSPS) is 16.4. The molecule has 2 atom stereocenters. The molecule has 0 bridgehead atoms. The van der Waals surface area contributed by atoms with Crippen LogP contribution in [0.2, 0.25) is 0 Å². The van der Waals surface area contributed by atoms with E-state index in [9.17, 15) is 14.7 Å². The quantitative estimate of drug-likeness (QED) is 0.172. The number of benzene rings is 4. The van der Waals surface area contributed by atoms with Gasteiger partial charge in [0.15, 0.2) is 0 Å². The molecule has 42 heavy (non-hydrogen) atoms. The van der Waals surface area contributed by atoms with Gasteiger partial charge in [0.2, 0.25) is 5.91 Å². The summed E-state index contributed by atoms with van der Waals surface area (Å²) in [5.74, 6) is -0.793. The van der Waals surface area contributed by atoms with E-state index >= 15 is 0 Å². The largest absolute Gasteiger partial charge is 0.494 e. The maximum absolute atomic E-state index is 11.6. The van der Waals surface area contributed by atoms with E-state index in [2.05, 4.69) is 54.6 Å². The summed E-state index contributed by atoms with van der Waals surface area (Å²) in [4.78, 5) is 28.3. The molecule has 0 radical (unpaired) electrons. The molecule has 1 aliphatic heterocycles. The molecule has 4 aromatic rings. The summed E-state index contributed by atoms with van der Waals surface area (Å²) in [6, 6.07) is 35.0. The number of ether oxygens (including phenoxy) is 1. The van der Waals surface area contributed by atoms with E-state index in [-0.39, 0.29) is 17.4 Å². The number of rotatable bonds is 13. The van der Waals surface area contributed by atoms with Gasteiger partial charge in [0.25, 0.3) is 0 Å². The third-order valence-electron chi connectivity index (χ3n) is 7.91. The second-order valence-corrected chi connectivity index (χ2v) is 10.6. The lowest BCUT2D eigenvalue weighted by Gasteiger charge is -2.37. The Bertz CT molecular complexity index is 1510. The van der Waals surface area contributed by atoms with E-state index in [4.69, 9.17) is 15.5 Å². The molecule has 5 rings (SSSR count). The van der Waals surface area contributed by atoms with Gasteiger partial charge in [-0.3, -0.25) is 9.79 Å².